The summed E-state index contributed by atoms with van der Waals surface area (Å²) in [5, 5.41) is 9.37. The first-order valence-corrected chi connectivity index (χ1v) is 5.50. The largest absolute Gasteiger partial charge is 0.467 e. The maximum absolute atomic E-state index is 10.9. The van der Waals surface area contributed by atoms with Crippen molar-refractivity contribution in [2.75, 3.05) is 7.11 Å². The van der Waals surface area contributed by atoms with Crippen LogP contribution in [0.4, 0.5) is 0 Å². The van der Waals surface area contributed by atoms with Crippen molar-refractivity contribution in [3.8, 4) is 0 Å². The van der Waals surface area contributed by atoms with E-state index in [0.29, 0.717) is 12.3 Å². The number of esters is 1. The number of hydrogen-bond acceptors (Lipinski definition) is 3. The van der Waals surface area contributed by atoms with E-state index in [-0.39, 0.29) is 0 Å². The highest BCUT2D eigenvalue weighted by atomic mass is 16.5. The smallest absolute Gasteiger partial charge is 0.334 e. The molecule has 0 aromatic rings. The van der Waals surface area contributed by atoms with E-state index >= 15 is 0 Å². The van der Waals surface area contributed by atoms with Gasteiger partial charge in [-0.2, -0.15) is 0 Å². The first-order chi connectivity index (χ1) is 6.74. The Morgan fingerprint density at radius 1 is 1.43 bits per heavy atom. The molecule has 1 aliphatic rings. The minimum atomic E-state index is -0.915. The van der Waals surface area contributed by atoms with E-state index in [9.17, 15) is 9.90 Å². The second-order valence-corrected chi connectivity index (χ2v) is 4.12. The molecule has 1 N–H and O–H groups in total. The normalized spacial score (nSPS) is 20.4. The van der Waals surface area contributed by atoms with Crippen LogP contribution in [0.15, 0.2) is 0 Å². The third-order valence-electron chi connectivity index (χ3n) is 3.05. The van der Waals surface area contributed by atoms with Gasteiger partial charge in [0, 0.05) is 0 Å². The fraction of sp³-hybridized carbons (Fsp3) is 0.909. The molecule has 0 saturated heterocycles. The molecule has 1 rings (SSSR count). The molecule has 3 nitrogen and oxygen atoms in total. The van der Waals surface area contributed by atoms with E-state index in [4.69, 9.17) is 0 Å². The fourth-order valence-corrected chi connectivity index (χ4v) is 2.12. The highest BCUT2D eigenvalue weighted by molar-refractivity contribution is 5.74. The Morgan fingerprint density at radius 2 is 2.07 bits per heavy atom. The molecule has 1 fully saturated rings. The fourth-order valence-electron chi connectivity index (χ4n) is 2.12. The van der Waals surface area contributed by atoms with Crippen molar-refractivity contribution in [1.82, 2.24) is 0 Å². The van der Waals surface area contributed by atoms with Crippen LogP contribution in [0.5, 0.6) is 0 Å². The number of hydrogen-bond donors (Lipinski definition) is 1. The molecule has 0 spiro atoms. The van der Waals surface area contributed by atoms with E-state index in [0.717, 1.165) is 6.42 Å². The van der Waals surface area contributed by atoms with Crippen LogP contribution in [-0.4, -0.2) is 24.3 Å². The van der Waals surface area contributed by atoms with Gasteiger partial charge in [-0.3, -0.25) is 0 Å². The minimum absolute atomic E-state index is 0.499. The molecule has 1 unspecified atom stereocenters. The predicted molar refractivity (Wildman–Crippen MR) is 53.8 cm³/mol. The summed E-state index contributed by atoms with van der Waals surface area (Å²) in [6.07, 6.45) is 7.06. The lowest BCUT2D eigenvalue weighted by Crippen LogP contribution is -2.22. The van der Waals surface area contributed by atoms with Crippen LogP contribution in [0.1, 0.15) is 44.9 Å². The molecule has 0 aromatic carbocycles. The Kier molecular flexibility index (Phi) is 4.94. The van der Waals surface area contributed by atoms with Gasteiger partial charge in [-0.25, -0.2) is 4.79 Å². The van der Waals surface area contributed by atoms with Crippen LogP contribution < -0.4 is 0 Å². The third kappa shape index (κ3) is 3.66. The van der Waals surface area contributed by atoms with Gasteiger partial charge in [0.1, 0.15) is 0 Å². The highest BCUT2D eigenvalue weighted by Crippen LogP contribution is 2.27. The van der Waals surface area contributed by atoms with E-state index in [1.54, 1.807) is 0 Å². The van der Waals surface area contributed by atoms with Crippen molar-refractivity contribution < 1.29 is 14.6 Å². The summed E-state index contributed by atoms with van der Waals surface area (Å²) in [6.45, 7) is 0. The number of ether oxygens (including phenoxy) is 1. The zero-order valence-electron chi connectivity index (χ0n) is 8.87. The Balaban J connectivity index is 2.15. The first kappa shape index (κ1) is 11.5. The van der Waals surface area contributed by atoms with Gasteiger partial charge >= 0.3 is 5.97 Å². The molecule has 0 amide bonds. The molecular formula is C11H20O3. The maximum Gasteiger partial charge on any atom is 0.334 e. The molecule has 0 bridgehead atoms. The lowest BCUT2D eigenvalue weighted by atomic mass is 9.85. The zero-order chi connectivity index (χ0) is 10.4. The van der Waals surface area contributed by atoms with Crippen molar-refractivity contribution in [1.29, 1.82) is 0 Å². The molecule has 1 saturated carbocycles. The summed E-state index contributed by atoms with van der Waals surface area (Å²) >= 11 is 0. The van der Waals surface area contributed by atoms with Crippen LogP contribution in [0.2, 0.25) is 0 Å². The number of carbonyl (C=O) groups excluding carboxylic acids is 1. The van der Waals surface area contributed by atoms with E-state index in [1.807, 2.05) is 0 Å². The lowest BCUT2D eigenvalue weighted by molar-refractivity contribution is -0.150. The maximum atomic E-state index is 10.9. The van der Waals surface area contributed by atoms with E-state index in [2.05, 4.69) is 4.74 Å². The average Bonchev–Trinajstić information content (AvgIpc) is 2.26. The van der Waals surface area contributed by atoms with Crippen molar-refractivity contribution in [3.05, 3.63) is 0 Å². The molecule has 0 aromatic heterocycles. The second-order valence-electron chi connectivity index (χ2n) is 4.12. The highest BCUT2D eigenvalue weighted by Gasteiger charge is 2.19. The van der Waals surface area contributed by atoms with Crippen molar-refractivity contribution >= 4 is 5.97 Å². The van der Waals surface area contributed by atoms with Gasteiger partial charge in [-0.05, 0) is 18.8 Å². The number of rotatable bonds is 4. The van der Waals surface area contributed by atoms with Crippen LogP contribution in [-0.2, 0) is 9.53 Å². The molecule has 1 aliphatic carbocycles. The SMILES string of the molecule is COC(=O)C(O)CCC1CCCCC1. The molecule has 3 heteroatoms. The second kappa shape index (κ2) is 6.02. The predicted octanol–water partition coefficient (Wildman–Crippen LogP) is 1.88. The average molecular weight is 200 g/mol. The van der Waals surface area contributed by atoms with Crippen LogP contribution >= 0.6 is 0 Å². The first-order valence-electron chi connectivity index (χ1n) is 5.50. The number of aliphatic hydroxyl groups excluding tert-OH is 1. The summed E-state index contributed by atoms with van der Waals surface area (Å²) in [6, 6.07) is 0. The Labute approximate surface area is 85.5 Å². The summed E-state index contributed by atoms with van der Waals surface area (Å²) < 4.78 is 4.46. The molecule has 0 aliphatic heterocycles. The summed E-state index contributed by atoms with van der Waals surface area (Å²) in [4.78, 5) is 10.9. The minimum Gasteiger partial charge on any atom is -0.467 e. The van der Waals surface area contributed by atoms with E-state index < -0.39 is 12.1 Å². The van der Waals surface area contributed by atoms with Crippen molar-refractivity contribution in [3.63, 3.8) is 0 Å². The van der Waals surface area contributed by atoms with Crippen LogP contribution in [0.3, 0.4) is 0 Å². The number of aliphatic hydroxyl groups is 1. The molecule has 1 atom stereocenters. The van der Waals surface area contributed by atoms with Gasteiger partial charge in [0.15, 0.2) is 6.10 Å². The Hall–Kier alpha value is -0.570. The van der Waals surface area contributed by atoms with Gasteiger partial charge in [-0.1, -0.05) is 32.1 Å². The lowest BCUT2D eigenvalue weighted by Gasteiger charge is -2.21. The standard InChI is InChI=1S/C11H20O3/c1-14-11(13)10(12)8-7-9-5-3-2-4-6-9/h9-10,12H,2-8H2,1H3. The number of carbonyl (C=O) groups is 1. The number of methoxy groups -OCH3 is 1. The molecule has 82 valence electrons. The molecular weight excluding hydrogens is 180 g/mol. The van der Waals surface area contributed by atoms with Crippen molar-refractivity contribution in [2.24, 2.45) is 5.92 Å². The van der Waals surface area contributed by atoms with Crippen molar-refractivity contribution in [2.45, 2.75) is 51.0 Å². The van der Waals surface area contributed by atoms with Gasteiger partial charge in [0.2, 0.25) is 0 Å². The molecule has 14 heavy (non-hydrogen) atoms. The van der Waals surface area contributed by atoms with Gasteiger partial charge in [-0.15, -0.1) is 0 Å². The Morgan fingerprint density at radius 3 is 2.64 bits per heavy atom. The summed E-state index contributed by atoms with van der Waals surface area (Å²) in [5.74, 6) is 0.212. The van der Waals surface area contributed by atoms with Gasteiger partial charge < -0.3 is 9.84 Å². The molecule has 0 radical (unpaired) electrons. The molecule has 0 heterocycles. The topological polar surface area (TPSA) is 46.5 Å². The zero-order valence-corrected chi connectivity index (χ0v) is 8.87. The van der Waals surface area contributed by atoms with Crippen LogP contribution in [0, 0.1) is 5.92 Å². The van der Waals surface area contributed by atoms with E-state index in [1.165, 1.54) is 39.2 Å². The van der Waals surface area contributed by atoms with Crippen LogP contribution in [0.25, 0.3) is 0 Å². The Bertz CT molecular complexity index is 173. The summed E-state index contributed by atoms with van der Waals surface area (Å²) in [7, 11) is 1.31. The third-order valence-corrected chi connectivity index (χ3v) is 3.05. The van der Waals surface area contributed by atoms with Gasteiger partial charge in [0.25, 0.3) is 0 Å². The quantitative estimate of drug-likeness (QED) is 0.705. The summed E-state index contributed by atoms with van der Waals surface area (Å²) in [5.41, 5.74) is 0. The monoisotopic (exact) mass is 200 g/mol. The van der Waals surface area contributed by atoms with Gasteiger partial charge in [0.05, 0.1) is 7.11 Å².